The van der Waals surface area contributed by atoms with Crippen LogP contribution in [0.3, 0.4) is 0 Å². The third-order valence-electron chi connectivity index (χ3n) is 4.76. The molecule has 0 atom stereocenters. The van der Waals surface area contributed by atoms with Gasteiger partial charge >= 0.3 is 17.9 Å². The highest BCUT2D eigenvalue weighted by molar-refractivity contribution is 6.10. The van der Waals surface area contributed by atoms with E-state index in [2.05, 4.69) is 0 Å². The van der Waals surface area contributed by atoms with Gasteiger partial charge in [-0.3, -0.25) is 4.79 Å². The summed E-state index contributed by atoms with van der Waals surface area (Å²) in [6, 6.07) is -0.158. The average Bonchev–Trinajstić information content (AvgIpc) is 2.66. The summed E-state index contributed by atoms with van der Waals surface area (Å²) in [5, 5.41) is 0. The number of ether oxygens (including phenoxy) is 3. The summed E-state index contributed by atoms with van der Waals surface area (Å²) >= 11 is 0. The van der Waals surface area contributed by atoms with E-state index < -0.39 is 34.6 Å². The first-order chi connectivity index (χ1) is 12.4. The van der Waals surface area contributed by atoms with Crippen molar-refractivity contribution in [3.05, 3.63) is 32.7 Å². The predicted octanol–water partition coefficient (Wildman–Crippen LogP) is 2.02. The molecule has 1 aromatic heterocycles. The molecule has 0 N–H and O–H groups in total. The molecule has 8 heteroatoms. The summed E-state index contributed by atoms with van der Waals surface area (Å²) in [7, 11) is 3.37. The van der Waals surface area contributed by atoms with Gasteiger partial charge in [0.15, 0.2) is 0 Å². The molecule has 142 valence electrons. The maximum atomic E-state index is 13.1. The Morgan fingerprint density at radius 2 is 1.27 bits per heavy atom. The fraction of sp³-hybridized carbons (Fsp3) is 0.556. The zero-order valence-electron chi connectivity index (χ0n) is 15.4. The molecule has 0 bridgehead atoms. The minimum absolute atomic E-state index is 0.148. The SMILES string of the molecule is COC(=O)c1c(C(=O)OC)c(C)n(C2CCCCC2)c(=O)c1C(=O)OC. The Kier molecular flexibility index (Phi) is 6.18. The first-order valence-corrected chi connectivity index (χ1v) is 8.43. The summed E-state index contributed by atoms with van der Waals surface area (Å²) in [6.07, 6.45) is 4.45. The number of methoxy groups -OCH3 is 3. The van der Waals surface area contributed by atoms with E-state index in [0.717, 1.165) is 53.4 Å². The van der Waals surface area contributed by atoms with E-state index in [0.29, 0.717) is 0 Å². The van der Waals surface area contributed by atoms with E-state index in [1.807, 2.05) is 0 Å². The lowest BCUT2D eigenvalue weighted by atomic mass is 9.93. The first kappa shape index (κ1) is 19.7. The Labute approximate surface area is 151 Å². The van der Waals surface area contributed by atoms with Gasteiger partial charge < -0.3 is 18.8 Å². The molecule has 2 rings (SSSR count). The third kappa shape index (κ3) is 3.36. The van der Waals surface area contributed by atoms with Crippen LogP contribution in [-0.2, 0) is 14.2 Å². The van der Waals surface area contributed by atoms with Crippen molar-refractivity contribution in [2.24, 2.45) is 0 Å². The second-order valence-corrected chi connectivity index (χ2v) is 6.15. The van der Waals surface area contributed by atoms with Crippen LogP contribution in [0.1, 0.15) is 74.9 Å². The summed E-state index contributed by atoms with van der Waals surface area (Å²) in [4.78, 5) is 50.1. The molecule has 1 heterocycles. The normalized spacial score (nSPS) is 14.6. The van der Waals surface area contributed by atoms with Gasteiger partial charge in [-0.2, -0.15) is 0 Å². The highest BCUT2D eigenvalue weighted by Crippen LogP contribution is 2.30. The third-order valence-corrected chi connectivity index (χ3v) is 4.76. The highest BCUT2D eigenvalue weighted by Gasteiger charge is 2.35. The molecule has 1 aliphatic rings. The molecule has 26 heavy (non-hydrogen) atoms. The largest absolute Gasteiger partial charge is 0.465 e. The highest BCUT2D eigenvalue weighted by atomic mass is 16.5. The van der Waals surface area contributed by atoms with Gasteiger partial charge in [-0.05, 0) is 19.8 Å². The van der Waals surface area contributed by atoms with Crippen LogP contribution in [-0.4, -0.2) is 43.8 Å². The van der Waals surface area contributed by atoms with Crippen LogP contribution in [0.5, 0.6) is 0 Å². The monoisotopic (exact) mass is 365 g/mol. The fourth-order valence-electron chi connectivity index (χ4n) is 3.53. The topological polar surface area (TPSA) is 101 Å². The molecule has 1 saturated carbocycles. The van der Waals surface area contributed by atoms with Crippen molar-refractivity contribution in [2.45, 2.75) is 45.1 Å². The van der Waals surface area contributed by atoms with Crippen molar-refractivity contribution in [2.75, 3.05) is 21.3 Å². The van der Waals surface area contributed by atoms with E-state index >= 15 is 0 Å². The lowest BCUT2D eigenvalue weighted by molar-refractivity contribution is 0.0531. The van der Waals surface area contributed by atoms with Gasteiger partial charge in [0.1, 0.15) is 5.56 Å². The molecule has 1 fully saturated rings. The lowest BCUT2D eigenvalue weighted by Gasteiger charge is -2.28. The van der Waals surface area contributed by atoms with Gasteiger partial charge in [-0.15, -0.1) is 0 Å². The Morgan fingerprint density at radius 3 is 1.77 bits per heavy atom. The van der Waals surface area contributed by atoms with Crippen LogP contribution in [0, 0.1) is 6.92 Å². The fourth-order valence-corrected chi connectivity index (χ4v) is 3.53. The number of esters is 3. The number of rotatable bonds is 4. The zero-order valence-corrected chi connectivity index (χ0v) is 15.4. The number of hydrogen-bond donors (Lipinski definition) is 0. The minimum Gasteiger partial charge on any atom is -0.465 e. The maximum absolute atomic E-state index is 13.1. The molecular formula is C18H23NO7. The van der Waals surface area contributed by atoms with E-state index in [1.54, 1.807) is 6.92 Å². The van der Waals surface area contributed by atoms with Gasteiger partial charge in [-0.1, -0.05) is 19.3 Å². The van der Waals surface area contributed by atoms with Gasteiger partial charge in [0, 0.05) is 11.7 Å². The maximum Gasteiger partial charge on any atom is 0.344 e. The van der Waals surface area contributed by atoms with Gasteiger partial charge in [-0.25, -0.2) is 14.4 Å². The predicted molar refractivity (Wildman–Crippen MR) is 91.6 cm³/mol. The van der Waals surface area contributed by atoms with Crippen LogP contribution in [0.4, 0.5) is 0 Å². The molecule has 0 spiro atoms. The Hall–Kier alpha value is -2.64. The minimum atomic E-state index is -0.995. The zero-order chi connectivity index (χ0) is 19.4. The Morgan fingerprint density at radius 1 is 0.808 bits per heavy atom. The number of hydrogen-bond acceptors (Lipinski definition) is 7. The Balaban J connectivity index is 2.91. The van der Waals surface area contributed by atoms with Crippen molar-refractivity contribution < 1.29 is 28.6 Å². The number of pyridine rings is 1. The van der Waals surface area contributed by atoms with Crippen molar-refractivity contribution >= 4 is 17.9 Å². The Bertz CT molecular complexity index is 788. The molecule has 0 radical (unpaired) electrons. The van der Waals surface area contributed by atoms with Crippen LogP contribution >= 0.6 is 0 Å². The second kappa shape index (κ2) is 8.16. The van der Waals surface area contributed by atoms with Crippen molar-refractivity contribution in [3.8, 4) is 0 Å². The van der Waals surface area contributed by atoms with E-state index in [1.165, 1.54) is 4.57 Å². The van der Waals surface area contributed by atoms with E-state index in [9.17, 15) is 19.2 Å². The van der Waals surface area contributed by atoms with Crippen molar-refractivity contribution in [1.29, 1.82) is 0 Å². The quantitative estimate of drug-likeness (QED) is 0.594. The molecule has 0 aromatic carbocycles. The molecule has 0 saturated heterocycles. The number of aromatic nitrogens is 1. The summed E-state index contributed by atoms with van der Waals surface area (Å²) in [5.74, 6) is -2.79. The summed E-state index contributed by atoms with van der Waals surface area (Å²) in [6.45, 7) is 1.57. The number of carbonyl (C=O) groups excluding carboxylic acids is 3. The smallest absolute Gasteiger partial charge is 0.344 e. The second-order valence-electron chi connectivity index (χ2n) is 6.15. The van der Waals surface area contributed by atoms with E-state index in [4.69, 9.17) is 14.2 Å². The summed E-state index contributed by atoms with van der Waals surface area (Å²) < 4.78 is 15.6. The van der Waals surface area contributed by atoms with Crippen LogP contribution in [0.2, 0.25) is 0 Å². The van der Waals surface area contributed by atoms with Crippen molar-refractivity contribution in [1.82, 2.24) is 4.57 Å². The molecule has 1 aromatic rings. The van der Waals surface area contributed by atoms with Gasteiger partial charge in [0.2, 0.25) is 0 Å². The summed E-state index contributed by atoms with van der Waals surface area (Å²) in [5.41, 5.74) is -1.45. The molecule has 1 aliphatic carbocycles. The van der Waals surface area contributed by atoms with Crippen LogP contribution in [0.15, 0.2) is 4.79 Å². The number of carbonyl (C=O) groups is 3. The molecule has 0 amide bonds. The lowest BCUT2D eigenvalue weighted by Crippen LogP contribution is -2.37. The number of nitrogens with zero attached hydrogens (tertiary/aromatic N) is 1. The van der Waals surface area contributed by atoms with Gasteiger partial charge in [0.25, 0.3) is 5.56 Å². The van der Waals surface area contributed by atoms with Crippen molar-refractivity contribution in [3.63, 3.8) is 0 Å². The molecule has 8 nitrogen and oxygen atoms in total. The van der Waals surface area contributed by atoms with Crippen LogP contribution < -0.4 is 5.56 Å². The molecule has 0 unspecified atom stereocenters. The molecular weight excluding hydrogens is 342 g/mol. The standard InChI is InChI=1S/C18H23NO7/c1-10-12(16(21)24-2)13(17(22)25-3)14(18(23)26-4)15(20)19(10)11-8-6-5-7-9-11/h11H,5-9H2,1-4H3. The van der Waals surface area contributed by atoms with E-state index in [-0.39, 0.29) is 17.3 Å². The van der Waals surface area contributed by atoms with Gasteiger partial charge in [0.05, 0.1) is 32.5 Å². The average molecular weight is 365 g/mol. The molecule has 0 aliphatic heterocycles. The first-order valence-electron chi connectivity index (χ1n) is 8.43. The van der Waals surface area contributed by atoms with Crippen LogP contribution in [0.25, 0.3) is 0 Å².